The lowest BCUT2D eigenvalue weighted by Crippen LogP contribution is -2.29. The van der Waals surface area contributed by atoms with E-state index < -0.39 is 0 Å². The topological polar surface area (TPSA) is 30.5 Å². The van der Waals surface area contributed by atoms with Crippen LogP contribution in [-0.4, -0.2) is 13.7 Å². The molecule has 3 heteroatoms. The van der Waals surface area contributed by atoms with Crippen molar-refractivity contribution in [1.29, 1.82) is 0 Å². The van der Waals surface area contributed by atoms with E-state index in [1.807, 2.05) is 18.2 Å². The molecule has 3 atom stereocenters. The van der Waals surface area contributed by atoms with Crippen LogP contribution in [0.5, 0.6) is 11.5 Å². The van der Waals surface area contributed by atoms with Crippen LogP contribution >= 0.6 is 0 Å². The number of benzene rings is 2. The van der Waals surface area contributed by atoms with Gasteiger partial charge in [-0.3, -0.25) is 0 Å². The molecule has 128 valence electrons. The van der Waals surface area contributed by atoms with Gasteiger partial charge in [-0.1, -0.05) is 36.9 Å². The van der Waals surface area contributed by atoms with Gasteiger partial charge in [0, 0.05) is 11.6 Å². The fourth-order valence-corrected chi connectivity index (χ4v) is 3.96. The summed E-state index contributed by atoms with van der Waals surface area (Å²) in [5.41, 5.74) is 3.82. The predicted molar refractivity (Wildman–Crippen MR) is 101 cm³/mol. The Balaban J connectivity index is 1.66. The minimum atomic E-state index is 0.304. The summed E-state index contributed by atoms with van der Waals surface area (Å²) in [5, 5.41) is 3.75. The van der Waals surface area contributed by atoms with Gasteiger partial charge in [0.25, 0.3) is 0 Å². The Kier molecular flexibility index (Phi) is 4.22. The van der Waals surface area contributed by atoms with Gasteiger partial charge < -0.3 is 14.8 Å². The molecule has 25 heavy (non-hydrogen) atoms. The number of fused-ring (bicyclic) bond motifs is 3. The smallest absolute Gasteiger partial charge is 0.120 e. The zero-order valence-electron chi connectivity index (χ0n) is 14.4. The van der Waals surface area contributed by atoms with E-state index in [-0.39, 0.29) is 0 Å². The van der Waals surface area contributed by atoms with Crippen molar-refractivity contribution in [2.24, 2.45) is 5.92 Å². The molecule has 3 nitrogen and oxygen atoms in total. The summed E-state index contributed by atoms with van der Waals surface area (Å²) in [6.07, 6.45) is 7.51. The average Bonchev–Trinajstić information content (AvgIpc) is 3.16. The van der Waals surface area contributed by atoms with Crippen molar-refractivity contribution < 1.29 is 9.47 Å². The van der Waals surface area contributed by atoms with Gasteiger partial charge in [-0.15, -0.1) is 0 Å². The number of anilines is 1. The molecule has 1 N–H and O–H groups in total. The Morgan fingerprint density at radius 1 is 1.16 bits per heavy atom. The Morgan fingerprint density at radius 3 is 2.72 bits per heavy atom. The summed E-state index contributed by atoms with van der Waals surface area (Å²) < 4.78 is 11.0. The molecule has 0 aromatic heterocycles. The maximum atomic E-state index is 5.72. The Hall–Kier alpha value is -2.68. The van der Waals surface area contributed by atoms with Crippen molar-refractivity contribution in [2.45, 2.75) is 18.4 Å². The van der Waals surface area contributed by atoms with Crippen LogP contribution in [0.2, 0.25) is 0 Å². The van der Waals surface area contributed by atoms with E-state index in [4.69, 9.17) is 9.47 Å². The van der Waals surface area contributed by atoms with Crippen molar-refractivity contribution >= 4 is 5.69 Å². The number of allylic oxidation sites excluding steroid dienone is 2. The molecule has 4 rings (SSSR count). The second-order valence-corrected chi connectivity index (χ2v) is 6.60. The minimum Gasteiger partial charge on any atom is -0.497 e. The van der Waals surface area contributed by atoms with E-state index in [0.29, 0.717) is 24.5 Å². The molecule has 3 unspecified atom stereocenters. The van der Waals surface area contributed by atoms with E-state index in [0.717, 1.165) is 17.9 Å². The van der Waals surface area contributed by atoms with Gasteiger partial charge in [0.05, 0.1) is 13.2 Å². The number of rotatable bonds is 5. The van der Waals surface area contributed by atoms with Crippen LogP contribution in [0.15, 0.2) is 67.3 Å². The molecule has 0 amide bonds. The first-order valence-corrected chi connectivity index (χ1v) is 8.75. The van der Waals surface area contributed by atoms with E-state index >= 15 is 0 Å². The van der Waals surface area contributed by atoms with Crippen molar-refractivity contribution in [3.63, 3.8) is 0 Å². The number of hydrogen-bond acceptors (Lipinski definition) is 3. The fraction of sp³-hybridized carbons (Fsp3) is 0.273. The first-order valence-electron chi connectivity index (χ1n) is 8.75. The third-order valence-corrected chi connectivity index (χ3v) is 5.18. The van der Waals surface area contributed by atoms with Crippen LogP contribution in [0.25, 0.3) is 0 Å². The quantitative estimate of drug-likeness (QED) is 0.773. The molecular formula is C22H23NO2. The molecule has 0 saturated carbocycles. The lowest BCUT2D eigenvalue weighted by atomic mass is 9.77. The largest absolute Gasteiger partial charge is 0.497 e. The number of ether oxygens (including phenoxy) is 2. The third kappa shape index (κ3) is 2.91. The normalized spacial score (nSPS) is 23.3. The van der Waals surface area contributed by atoms with Crippen LogP contribution in [0.1, 0.15) is 29.5 Å². The van der Waals surface area contributed by atoms with Gasteiger partial charge in [-0.2, -0.15) is 0 Å². The fourth-order valence-electron chi connectivity index (χ4n) is 3.96. The first kappa shape index (κ1) is 15.8. The standard InChI is InChI=1S/C22H23NO2/c1-3-13-25-17-11-12-21-20(14-17)18-5-4-6-19(18)22(23-21)15-7-9-16(24-2)10-8-15/h3-5,7-12,14,18-19,22-23H,1,6,13H2,2H3. The highest BCUT2D eigenvalue weighted by Gasteiger charge is 2.38. The molecule has 1 aliphatic heterocycles. The van der Waals surface area contributed by atoms with E-state index in [1.54, 1.807) is 13.2 Å². The SMILES string of the molecule is C=CCOc1ccc2c(c1)C1C=CCC1C(c1ccc(OC)cc1)N2. The van der Waals surface area contributed by atoms with Crippen molar-refractivity contribution in [2.75, 3.05) is 19.0 Å². The number of nitrogens with one attached hydrogen (secondary N) is 1. The average molecular weight is 333 g/mol. The maximum Gasteiger partial charge on any atom is 0.120 e. The second-order valence-electron chi connectivity index (χ2n) is 6.60. The monoisotopic (exact) mass is 333 g/mol. The molecule has 0 spiro atoms. The highest BCUT2D eigenvalue weighted by molar-refractivity contribution is 5.61. The molecule has 0 bridgehead atoms. The highest BCUT2D eigenvalue weighted by Crippen LogP contribution is 2.50. The number of methoxy groups -OCH3 is 1. The van der Waals surface area contributed by atoms with Crippen molar-refractivity contribution in [3.8, 4) is 11.5 Å². The van der Waals surface area contributed by atoms with Gasteiger partial charge in [0.2, 0.25) is 0 Å². The summed E-state index contributed by atoms with van der Waals surface area (Å²) in [5.74, 6) is 2.75. The summed E-state index contributed by atoms with van der Waals surface area (Å²) in [4.78, 5) is 0. The second kappa shape index (κ2) is 6.67. The van der Waals surface area contributed by atoms with Gasteiger partial charge in [0.1, 0.15) is 18.1 Å². The molecule has 0 fully saturated rings. The van der Waals surface area contributed by atoms with Crippen molar-refractivity contribution in [3.05, 3.63) is 78.4 Å². The lowest BCUT2D eigenvalue weighted by Gasteiger charge is -2.37. The van der Waals surface area contributed by atoms with Crippen molar-refractivity contribution in [1.82, 2.24) is 0 Å². The molecule has 1 aliphatic carbocycles. The zero-order chi connectivity index (χ0) is 17.2. The van der Waals surface area contributed by atoms with Crippen LogP contribution in [0, 0.1) is 5.92 Å². The van der Waals surface area contributed by atoms with Gasteiger partial charge in [-0.25, -0.2) is 0 Å². The summed E-state index contributed by atoms with van der Waals surface area (Å²) in [6, 6.07) is 15.0. The van der Waals surface area contributed by atoms with E-state index in [1.165, 1.54) is 16.8 Å². The summed E-state index contributed by atoms with van der Waals surface area (Å²) in [7, 11) is 1.70. The molecule has 2 aromatic carbocycles. The van der Waals surface area contributed by atoms with E-state index in [9.17, 15) is 0 Å². The molecule has 2 aliphatic rings. The Bertz CT molecular complexity index is 794. The van der Waals surface area contributed by atoms with Crippen LogP contribution in [0.3, 0.4) is 0 Å². The molecule has 2 aromatic rings. The minimum absolute atomic E-state index is 0.304. The highest BCUT2D eigenvalue weighted by atomic mass is 16.5. The number of hydrogen-bond donors (Lipinski definition) is 1. The van der Waals surface area contributed by atoms with Crippen LogP contribution in [-0.2, 0) is 0 Å². The molecule has 0 radical (unpaired) electrons. The van der Waals surface area contributed by atoms with Gasteiger partial charge in [-0.05, 0) is 53.8 Å². The van der Waals surface area contributed by atoms with E-state index in [2.05, 4.69) is 48.3 Å². The molecular weight excluding hydrogens is 310 g/mol. The Morgan fingerprint density at radius 2 is 1.96 bits per heavy atom. The maximum absolute atomic E-state index is 5.72. The van der Waals surface area contributed by atoms with Crippen LogP contribution < -0.4 is 14.8 Å². The predicted octanol–water partition coefficient (Wildman–Crippen LogP) is 5.09. The first-order chi connectivity index (χ1) is 12.3. The Labute approximate surface area is 149 Å². The van der Waals surface area contributed by atoms with Gasteiger partial charge >= 0.3 is 0 Å². The summed E-state index contributed by atoms with van der Waals surface area (Å²) >= 11 is 0. The lowest BCUT2D eigenvalue weighted by molar-refractivity contribution is 0.361. The summed E-state index contributed by atoms with van der Waals surface area (Å²) in [6.45, 7) is 4.25. The van der Waals surface area contributed by atoms with Crippen LogP contribution in [0.4, 0.5) is 5.69 Å². The third-order valence-electron chi connectivity index (χ3n) is 5.18. The molecule has 1 heterocycles. The van der Waals surface area contributed by atoms with Gasteiger partial charge in [0.15, 0.2) is 0 Å². The zero-order valence-corrected chi connectivity index (χ0v) is 14.4. The molecule has 0 saturated heterocycles.